The van der Waals surface area contributed by atoms with Crippen LogP contribution in [-0.4, -0.2) is 9.55 Å². The third-order valence-electron chi connectivity index (χ3n) is 2.90. The third kappa shape index (κ3) is 2.08. The molecular weight excluding hydrogens is 370 g/mol. The maximum absolute atomic E-state index is 14.1. The van der Waals surface area contributed by atoms with Crippen molar-refractivity contribution in [1.29, 1.82) is 0 Å². The van der Waals surface area contributed by atoms with Gasteiger partial charge in [0, 0.05) is 6.07 Å². The molecule has 0 aliphatic carbocycles. The van der Waals surface area contributed by atoms with Crippen molar-refractivity contribution < 1.29 is 8.78 Å². The lowest BCUT2D eigenvalue weighted by Gasteiger charge is -2.07. The standard InChI is InChI=1S/C13H6BrClF2N2S/c14-6-4-9-11(5-8(6)16)19(13(20)18-9)10-3-1-2-7(15)12(10)17/h1-5H,(H,18,20). The predicted molar refractivity (Wildman–Crippen MR) is 81.1 cm³/mol. The molecule has 7 heteroatoms. The number of H-pyrrole nitrogens is 1. The molecule has 2 nitrogen and oxygen atoms in total. The number of nitrogens with one attached hydrogen (secondary N) is 1. The van der Waals surface area contributed by atoms with Gasteiger partial charge in [-0.15, -0.1) is 0 Å². The largest absolute Gasteiger partial charge is 0.330 e. The first kappa shape index (κ1) is 13.7. The van der Waals surface area contributed by atoms with Gasteiger partial charge in [0.05, 0.1) is 26.2 Å². The maximum atomic E-state index is 14.1. The van der Waals surface area contributed by atoms with E-state index in [0.717, 1.165) is 0 Å². The van der Waals surface area contributed by atoms with E-state index in [-0.39, 0.29) is 15.5 Å². The zero-order chi connectivity index (χ0) is 14.4. The molecule has 0 fully saturated rings. The van der Waals surface area contributed by atoms with Crippen LogP contribution in [0.1, 0.15) is 0 Å². The number of fused-ring (bicyclic) bond motifs is 1. The Labute approximate surface area is 131 Å². The maximum Gasteiger partial charge on any atom is 0.182 e. The molecule has 102 valence electrons. The fraction of sp³-hybridized carbons (Fsp3) is 0. The average Bonchev–Trinajstić information content (AvgIpc) is 2.69. The highest BCUT2D eigenvalue weighted by atomic mass is 79.9. The Morgan fingerprint density at radius 2 is 2.00 bits per heavy atom. The third-order valence-corrected chi connectivity index (χ3v) is 4.08. The van der Waals surface area contributed by atoms with Gasteiger partial charge in [-0.05, 0) is 46.3 Å². The number of halogens is 4. The van der Waals surface area contributed by atoms with Gasteiger partial charge in [-0.3, -0.25) is 4.57 Å². The van der Waals surface area contributed by atoms with Crippen LogP contribution in [0.2, 0.25) is 5.02 Å². The van der Waals surface area contributed by atoms with E-state index in [1.54, 1.807) is 12.1 Å². The van der Waals surface area contributed by atoms with Crippen LogP contribution in [0.3, 0.4) is 0 Å². The number of rotatable bonds is 1. The second kappa shape index (κ2) is 4.95. The summed E-state index contributed by atoms with van der Waals surface area (Å²) in [6, 6.07) is 7.42. The zero-order valence-electron chi connectivity index (χ0n) is 9.75. The van der Waals surface area contributed by atoms with Crippen molar-refractivity contribution >= 4 is 50.8 Å². The second-order valence-corrected chi connectivity index (χ2v) is 5.77. The Hall–Kier alpha value is -1.24. The SMILES string of the molecule is Fc1cc2c(cc1Br)[nH]c(=S)n2-c1cccc(Cl)c1F. The second-order valence-electron chi connectivity index (χ2n) is 4.12. The molecule has 0 aliphatic rings. The minimum Gasteiger partial charge on any atom is -0.330 e. The highest BCUT2D eigenvalue weighted by molar-refractivity contribution is 9.10. The Morgan fingerprint density at radius 3 is 2.75 bits per heavy atom. The van der Waals surface area contributed by atoms with Crippen molar-refractivity contribution in [3.8, 4) is 5.69 Å². The topological polar surface area (TPSA) is 20.7 Å². The molecule has 0 unspecified atom stereocenters. The molecule has 1 heterocycles. The summed E-state index contributed by atoms with van der Waals surface area (Å²) in [6.45, 7) is 0. The molecule has 0 radical (unpaired) electrons. The number of hydrogen-bond donors (Lipinski definition) is 1. The predicted octanol–water partition coefficient (Wildman–Crippen LogP) is 5.38. The highest BCUT2D eigenvalue weighted by Gasteiger charge is 2.14. The number of imidazole rings is 1. The first-order valence-electron chi connectivity index (χ1n) is 5.53. The lowest BCUT2D eigenvalue weighted by Crippen LogP contribution is -1.98. The molecule has 3 aromatic rings. The number of benzene rings is 2. The van der Waals surface area contributed by atoms with Crippen molar-refractivity contribution in [2.75, 3.05) is 0 Å². The van der Waals surface area contributed by atoms with Crippen LogP contribution < -0.4 is 0 Å². The van der Waals surface area contributed by atoms with Gasteiger partial charge in [-0.25, -0.2) is 8.78 Å². The molecule has 0 atom stereocenters. The van der Waals surface area contributed by atoms with E-state index in [4.69, 9.17) is 23.8 Å². The summed E-state index contributed by atoms with van der Waals surface area (Å²) in [7, 11) is 0. The van der Waals surface area contributed by atoms with Crippen LogP contribution in [-0.2, 0) is 0 Å². The molecule has 0 spiro atoms. The Morgan fingerprint density at radius 1 is 1.25 bits per heavy atom. The minimum absolute atomic E-state index is 0.0173. The van der Waals surface area contributed by atoms with Gasteiger partial charge in [0.1, 0.15) is 5.82 Å². The van der Waals surface area contributed by atoms with Crippen LogP contribution in [0.5, 0.6) is 0 Å². The summed E-state index contributed by atoms with van der Waals surface area (Å²) in [6.07, 6.45) is 0. The highest BCUT2D eigenvalue weighted by Crippen LogP contribution is 2.28. The van der Waals surface area contributed by atoms with Gasteiger partial charge in [0.2, 0.25) is 0 Å². The monoisotopic (exact) mass is 374 g/mol. The normalized spacial score (nSPS) is 11.2. The fourth-order valence-corrected chi connectivity index (χ4v) is 2.83. The first-order valence-corrected chi connectivity index (χ1v) is 7.11. The smallest absolute Gasteiger partial charge is 0.182 e. The summed E-state index contributed by atoms with van der Waals surface area (Å²) in [5.41, 5.74) is 1.22. The Balaban J connectivity index is 2.42. The summed E-state index contributed by atoms with van der Waals surface area (Å²) < 4.78 is 29.8. The molecule has 0 saturated heterocycles. The van der Waals surface area contributed by atoms with Gasteiger partial charge < -0.3 is 4.98 Å². The van der Waals surface area contributed by atoms with Gasteiger partial charge in [0.25, 0.3) is 0 Å². The molecule has 1 N–H and O–H groups in total. The summed E-state index contributed by atoms with van der Waals surface area (Å²) >= 11 is 14.1. The van der Waals surface area contributed by atoms with Gasteiger partial charge in [0.15, 0.2) is 10.6 Å². The van der Waals surface area contributed by atoms with Crippen LogP contribution in [0, 0.1) is 16.4 Å². The van der Waals surface area contributed by atoms with E-state index in [1.165, 1.54) is 22.8 Å². The lowest BCUT2D eigenvalue weighted by atomic mass is 10.2. The van der Waals surface area contributed by atoms with E-state index < -0.39 is 11.6 Å². The quantitative estimate of drug-likeness (QED) is 0.566. The summed E-state index contributed by atoms with van der Waals surface area (Å²) in [5.74, 6) is -1.06. The molecule has 20 heavy (non-hydrogen) atoms. The van der Waals surface area contributed by atoms with Gasteiger partial charge in [-0.1, -0.05) is 17.7 Å². The molecule has 3 rings (SSSR count). The number of nitrogens with zero attached hydrogens (tertiary/aromatic N) is 1. The van der Waals surface area contributed by atoms with Gasteiger partial charge >= 0.3 is 0 Å². The molecule has 0 amide bonds. The van der Waals surface area contributed by atoms with E-state index >= 15 is 0 Å². The van der Waals surface area contributed by atoms with Crippen molar-refractivity contribution in [2.45, 2.75) is 0 Å². The molecule has 2 aromatic carbocycles. The van der Waals surface area contributed by atoms with Crippen molar-refractivity contribution in [3.63, 3.8) is 0 Å². The summed E-state index contributed by atoms with van der Waals surface area (Å²) in [4.78, 5) is 2.91. The van der Waals surface area contributed by atoms with Crippen molar-refractivity contribution in [1.82, 2.24) is 9.55 Å². The molecular formula is C13H6BrClF2N2S. The van der Waals surface area contributed by atoms with E-state index in [1.807, 2.05) is 0 Å². The summed E-state index contributed by atoms with van der Waals surface area (Å²) in [5, 5.41) is -0.0173. The van der Waals surface area contributed by atoms with Crippen LogP contribution in [0.15, 0.2) is 34.8 Å². The number of hydrogen-bond acceptors (Lipinski definition) is 1. The Kier molecular flexibility index (Phi) is 3.40. The van der Waals surface area contributed by atoms with E-state index in [0.29, 0.717) is 15.5 Å². The number of aromatic amines is 1. The molecule has 0 saturated carbocycles. The van der Waals surface area contributed by atoms with Crippen LogP contribution >= 0.6 is 39.7 Å². The fourth-order valence-electron chi connectivity index (χ4n) is 2.01. The van der Waals surface area contributed by atoms with Crippen LogP contribution in [0.4, 0.5) is 8.78 Å². The lowest BCUT2D eigenvalue weighted by molar-refractivity contribution is 0.616. The van der Waals surface area contributed by atoms with Crippen molar-refractivity contribution in [3.05, 3.63) is 56.2 Å². The molecule has 0 bridgehead atoms. The molecule has 0 aliphatic heterocycles. The average molecular weight is 376 g/mol. The van der Waals surface area contributed by atoms with E-state index in [9.17, 15) is 8.78 Å². The van der Waals surface area contributed by atoms with E-state index in [2.05, 4.69) is 20.9 Å². The molecule has 1 aromatic heterocycles. The van der Waals surface area contributed by atoms with Crippen LogP contribution in [0.25, 0.3) is 16.7 Å². The van der Waals surface area contributed by atoms with Gasteiger partial charge in [-0.2, -0.15) is 0 Å². The minimum atomic E-state index is -0.602. The number of aromatic nitrogens is 2. The van der Waals surface area contributed by atoms with Crippen molar-refractivity contribution in [2.24, 2.45) is 0 Å². The zero-order valence-corrected chi connectivity index (χ0v) is 12.9. The Bertz CT molecular complexity index is 888. The first-order chi connectivity index (χ1) is 9.49.